The quantitative estimate of drug-likeness (QED) is 0.624. The largest absolute Gasteiger partial charge is 0.464 e. The highest BCUT2D eigenvalue weighted by Gasteiger charge is 2.16. The minimum Gasteiger partial charge on any atom is -0.464 e. The van der Waals surface area contributed by atoms with Crippen molar-refractivity contribution in [1.29, 1.82) is 0 Å². The highest BCUT2D eigenvalue weighted by molar-refractivity contribution is 5.87. The molecule has 1 heterocycles. The van der Waals surface area contributed by atoms with Gasteiger partial charge in [-0.25, -0.2) is 18.6 Å². The summed E-state index contributed by atoms with van der Waals surface area (Å²) in [7, 11) is 1.10. The molecule has 0 aromatic carbocycles. The van der Waals surface area contributed by atoms with Crippen LogP contribution in [0.4, 0.5) is 8.78 Å². The molecule has 13 heavy (non-hydrogen) atoms. The molecule has 0 bridgehead atoms. The van der Waals surface area contributed by atoms with E-state index in [0.717, 1.165) is 7.11 Å². The monoisotopic (exact) mass is 187 g/mol. The number of pyridine rings is 1. The number of aromatic nitrogens is 1. The maximum atomic E-state index is 12.9. The van der Waals surface area contributed by atoms with Gasteiger partial charge in [-0.2, -0.15) is 0 Å². The van der Waals surface area contributed by atoms with Gasteiger partial charge in [0.2, 0.25) is 0 Å². The molecule has 1 aromatic rings. The van der Waals surface area contributed by atoms with E-state index in [2.05, 4.69) is 9.72 Å². The van der Waals surface area contributed by atoms with Crippen molar-refractivity contribution < 1.29 is 18.3 Å². The van der Waals surface area contributed by atoms with Crippen LogP contribution in [-0.2, 0) is 4.74 Å². The first-order valence-corrected chi connectivity index (χ1v) is 3.47. The molecule has 0 radical (unpaired) electrons. The molecule has 0 fully saturated rings. The minimum absolute atomic E-state index is 0.0400. The van der Waals surface area contributed by atoms with E-state index in [1.54, 1.807) is 0 Å². The highest BCUT2D eigenvalue weighted by atomic mass is 19.1. The molecule has 0 spiro atoms. The van der Waals surface area contributed by atoms with Gasteiger partial charge in [0.05, 0.1) is 12.8 Å². The average molecular weight is 187 g/mol. The zero-order valence-corrected chi connectivity index (χ0v) is 7.10. The summed E-state index contributed by atoms with van der Waals surface area (Å²) in [5, 5.41) is 0. The maximum absolute atomic E-state index is 12.9. The third-order valence-electron chi connectivity index (χ3n) is 1.48. The third-order valence-corrected chi connectivity index (χ3v) is 1.48. The number of hydrogen-bond acceptors (Lipinski definition) is 3. The minimum atomic E-state index is -1.02. The molecule has 70 valence electrons. The normalized spacial score (nSPS) is 9.85. The van der Waals surface area contributed by atoms with Crippen LogP contribution in [0.2, 0.25) is 0 Å². The Morgan fingerprint density at radius 3 is 2.62 bits per heavy atom. The number of rotatable bonds is 1. The molecule has 1 aromatic heterocycles. The number of nitrogens with zero attached hydrogens (tertiary/aromatic N) is 1. The Kier molecular flexibility index (Phi) is 2.55. The second kappa shape index (κ2) is 3.47. The van der Waals surface area contributed by atoms with Crippen molar-refractivity contribution in [1.82, 2.24) is 4.98 Å². The summed E-state index contributed by atoms with van der Waals surface area (Å²) in [6.45, 7) is 1.33. The van der Waals surface area contributed by atoms with Crippen LogP contribution in [0.1, 0.15) is 16.2 Å². The lowest BCUT2D eigenvalue weighted by Gasteiger charge is -2.01. The topological polar surface area (TPSA) is 39.2 Å². The summed E-state index contributed by atoms with van der Waals surface area (Å²) >= 11 is 0. The Labute approximate surface area is 73.4 Å². The fraction of sp³-hybridized carbons (Fsp3) is 0.250. The van der Waals surface area contributed by atoms with Gasteiger partial charge in [0, 0.05) is 6.07 Å². The van der Waals surface area contributed by atoms with Crippen molar-refractivity contribution in [2.45, 2.75) is 6.92 Å². The van der Waals surface area contributed by atoms with Gasteiger partial charge in [0.15, 0.2) is 11.5 Å². The Bertz CT molecular complexity index is 352. The SMILES string of the molecule is COC(=O)c1nc(C)c(F)cc1F. The Balaban J connectivity index is 3.23. The van der Waals surface area contributed by atoms with Crippen molar-refractivity contribution in [3.05, 3.63) is 29.1 Å². The van der Waals surface area contributed by atoms with Crippen molar-refractivity contribution in [3.63, 3.8) is 0 Å². The summed E-state index contributed by atoms with van der Waals surface area (Å²) in [6.07, 6.45) is 0. The Hall–Kier alpha value is -1.52. The summed E-state index contributed by atoms with van der Waals surface area (Å²) in [6, 6.07) is 0.606. The molecule has 0 saturated carbocycles. The number of ether oxygens (including phenoxy) is 1. The van der Waals surface area contributed by atoms with Gasteiger partial charge in [-0.3, -0.25) is 0 Å². The number of carbonyl (C=O) groups excluding carboxylic acids is 1. The van der Waals surface area contributed by atoms with Gasteiger partial charge in [-0.05, 0) is 6.92 Å². The van der Waals surface area contributed by atoms with E-state index in [4.69, 9.17) is 0 Å². The van der Waals surface area contributed by atoms with Crippen molar-refractivity contribution in [2.75, 3.05) is 7.11 Å². The van der Waals surface area contributed by atoms with Crippen LogP contribution in [0.5, 0.6) is 0 Å². The van der Waals surface area contributed by atoms with Crippen LogP contribution in [0, 0.1) is 18.6 Å². The van der Waals surface area contributed by atoms with Gasteiger partial charge in [0.25, 0.3) is 0 Å². The van der Waals surface area contributed by atoms with Crippen molar-refractivity contribution in [3.8, 4) is 0 Å². The average Bonchev–Trinajstić information content (AvgIpc) is 2.10. The van der Waals surface area contributed by atoms with E-state index in [-0.39, 0.29) is 5.69 Å². The van der Waals surface area contributed by atoms with E-state index < -0.39 is 23.3 Å². The standard InChI is InChI=1S/C8H7F2NO2/c1-4-5(9)3-6(10)7(11-4)8(12)13-2/h3H,1-2H3. The summed E-state index contributed by atoms with van der Waals surface area (Å²) in [4.78, 5) is 14.3. The van der Waals surface area contributed by atoms with Crippen LogP contribution in [-0.4, -0.2) is 18.1 Å². The van der Waals surface area contributed by atoms with Crippen LogP contribution in [0.3, 0.4) is 0 Å². The first kappa shape index (κ1) is 9.57. The zero-order chi connectivity index (χ0) is 10.0. The smallest absolute Gasteiger partial charge is 0.359 e. The van der Waals surface area contributed by atoms with E-state index in [0.29, 0.717) is 6.07 Å². The predicted molar refractivity (Wildman–Crippen MR) is 40.2 cm³/mol. The summed E-state index contributed by atoms with van der Waals surface area (Å²) in [5.41, 5.74) is -0.539. The fourth-order valence-electron chi connectivity index (χ4n) is 0.798. The number of aryl methyl sites for hydroxylation is 1. The van der Waals surface area contributed by atoms with Crippen LogP contribution in [0.15, 0.2) is 6.07 Å². The number of halogens is 2. The van der Waals surface area contributed by atoms with Gasteiger partial charge >= 0.3 is 5.97 Å². The van der Waals surface area contributed by atoms with Crippen LogP contribution < -0.4 is 0 Å². The van der Waals surface area contributed by atoms with Crippen molar-refractivity contribution >= 4 is 5.97 Å². The van der Waals surface area contributed by atoms with Crippen LogP contribution >= 0.6 is 0 Å². The van der Waals surface area contributed by atoms with E-state index in [9.17, 15) is 13.6 Å². The van der Waals surface area contributed by atoms with E-state index >= 15 is 0 Å². The maximum Gasteiger partial charge on any atom is 0.359 e. The van der Waals surface area contributed by atoms with E-state index in [1.165, 1.54) is 6.92 Å². The predicted octanol–water partition coefficient (Wildman–Crippen LogP) is 1.45. The van der Waals surface area contributed by atoms with Gasteiger partial charge in [-0.1, -0.05) is 0 Å². The lowest BCUT2D eigenvalue weighted by atomic mass is 10.3. The van der Waals surface area contributed by atoms with Crippen LogP contribution in [0.25, 0.3) is 0 Å². The molecule has 0 atom stereocenters. The van der Waals surface area contributed by atoms with E-state index in [1.807, 2.05) is 0 Å². The molecule has 0 aliphatic carbocycles. The number of esters is 1. The van der Waals surface area contributed by atoms with Gasteiger partial charge < -0.3 is 4.74 Å². The first-order chi connectivity index (χ1) is 6.06. The molecule has 0 amide bonds. The first-order valence-electron chi connectivity index (χ1n) is 3.47. The molecule has 0 saturated heterocycles. The molecule has 1 rings (SSSR count). The lowest BCUT2D eigenvalue weighted by Crippen LogP contribution is -2.09. The molecule has 0 aliphatic rings. The molecular formula is C8H7F2NO2. The highest BCUT2D eigenvalue weighted by Crippen LogP contribution is 2.10. The Morgan fingerprint density at radius 1 is 1.46 bits per heavy atom. The molecule has 5 heteroatoms. The van der Waals surface area contributed by atoms with Crippen molar-refractivity contribution in [2.24, 2.45) is 0 Å². The number of hydrogen-bond donors (Lipinski definition) is 0. The van der Waals surface area contributed by atoms with Gasteiger partial charge in [0.1, 0.15) is 5.82 Å². The number of methoxy groups -OCH3 is 1. The molecule has 3 nitrogen and oxygen atoms in total. The molecular weight excluding hydrogens is 180 g/mol. The zero-order valence-electron chi connectivity index (χ0n) is 7.10. The Morgan fingerprint density at radius 2 is 2.08 bits per heavy atom. The second-order valence-electron chi connectivity index (χ2n) is 2.38. The lowest BCUT2D eigenvalue weighted by molar-refractivity contribution is 0.0587. The molecule has 0 N–H and O–H groups in total. The second-order valence-corrected chi connectivity index (χ2v) is 2.38. The number of carbonyl (C=O) groups is 1. The fourth-order valence-corrected chi connectivity index (χ4v) is 0.798. The van der Waals surface area contributed by atoms with Gasteiger partial charge in [-0.15, -0.1) is 0 Å². The molecule has 0 aliphatic heterocycles. The summed E-state index contributed by atoms with van der Waals surface area (Å²) in [5.74, 6) is -2.72. The third kappa shape index (κ3) is 1.80. The molecule has 0 unspecified atom stereocenters. The summed E-state index contributed by atoms with van der Waals surface area (Å²) < 4.78 is 29.8.